The molecular formula is C14H10BrClN2O2. The van der Waals surface area contributed by atoms with Crippen molar-refractivity contribution in [3.05, 3.63) is 58.0 Å². The first-order valence-electron chi connectivity index (χ1n) is 5.68. The number of hydrogen-bond acceptors (Lipinski definition) is 2. The van der Waals surface area contributed by atoms with Crippen LogP contribution in [0.4, 0.5) is 11.4 Å². The van der Waals surface area contributed by atoms with Gasteiger partial charge in [0.15, 0.2) is 0 Å². The summed E-state index contributed by atoms with van der Waals surface area (Å²) < 4.78 is 0.888. The Kier molecular flexibility index (Phi) is 4.76. The summed E-state index contributed by atoms with van der Waals surface area (Å²) >= 11 is 9.08. The second-order valence-corrected chi connectivity index (χ2v) is 5.28. The largest absolute Gasteiger partial charge is 0.318 e. The summed E-state index contributed by atoms with van der Waals surface area (Å²) in [6, 6.07) is 13.5. The number of nitrogens with one attached hydrogen (secondary N) is 2. The van der Waals surface area contributed by atoms with Crippen LogP contribution in [0.3, 0.4) is 0 Å². The van der Waals surface area contributed by atoms with Gasteiger partial charge in [-0.25, -0.2) is 0 Å². The Morgan fingerprint density at radius 1 is 0.900 bits per heavy atom. The predicted molar refractivity (Wildman–Crippen MR) is 82.9 cm³/mol. The highest BCUT2D eigenvalue weighted by atomic mass is 79.9. The third-order valence-corrected chi connectivity index (χ3v) is 3.15. The van der Waals surface area contributed by atoms with Gasteiger partial charge in [0.2, 0.25) is 0 Å². The van der Waals surface area contributed by atoms with Crippen molar-refractivity contribution in [1.29, 1.82) is 0 Å². The molecule has 2 rings (SSSR count). The van der Waals surface area contributed by atoms with E-state index in [0.29, 0.717) is 16.4 Å². The topological polar surface area (TPSA) is 58.2 Å². The van der Waals surface area contributed by atoms with Gasteiger partial charge in [0.1, 0.15) is 0 Å². The van der Waals surface area contributed by atoms with Gasteiger partial charge in [0.25, 0.3) is 0 Å². The predicted octanol–water partition coefficient (Wildman–Crippen LogP) is 3.68. The molecule has 0 aliphatic carbocycles. The van der Waals surface area contributed by atoms with Crippen LogP contribution in [0.1, 0.15) is 0 Å². The number of hydrogen-bond donors (Lipinski definition) is 2. The average Bonchev–Trinajstić information content (AvgIpc) is 2.41. The maximum atomic E-state index is 11.7. The van der Waals surface area contributed by atoms with Gasteiger partial charge >= 0.3 is 11.8 Å². The first-order valence-corrected chi connectivity index (χ1v) is 6.85. The second-order valence-electron chi connectivity index (χ2n) is 3.93. The number of halogens is 2. The maximum absolute atomic E-state index is 11.7. The minimum absolute atomic E-state index is 0.466. The Balaban J connectivity index is 1.98. The van der Waals surface area contributed by atoms with Crippen LogP contribution in [0.5, 0.6) is 0 Å². The van der Waals surface area contributed by atoms with E-state index in [-0.39, 0.29) is 0 Å². The average molecular weight is 354 g/mol. The molecule has 2 aromatic carbocycles. The molecule has 0 heterocycles. The van der Waals surface area contributed by atoms with Gasteiger partial charge in [-0.15, -0.1) is 0 Å². The van der Waals surface area contributed by atoms with Gasteiger partial charge in [0, 0.05) is 20.9 Å². The van der Waals surface area contributed by atoms with Crippen LogP contribution in [0.2, 0.25) is 5.02 Å². The lowest BCUT2D eigenvalue weighted by molar-refractivity contribution is -0.132. The van der Waals surface area contributed by atoms with Crippen molar-refractivity contribution in [3.63, 3.8) is 0 Å². The SMILES string of the molecule is O=C(Nc1ccc(Br)cc1)C(=O)Nc1cccc(Cl)c1. The molecule has 0 aromatic heterocycles. The van der Waals surface area contributed by atoms with Gasteiger partial charge in [-0.2, -0.15) is 0 Å². The molecule has 2 amide bonds. The monoisotopic (exact) mass is 352 g/mol. The van der Waals surface area contributed by atoms with Gasteiger partial charge in [-0.1, -0.05) is 33.6 Å². The Hall–Kier alpha value is -1.85. The summed E-state index contributed by atoms with van der Waals surface area (Å²) in [7, 11) is 0. The van der Waals surface area contributed by atoms with Crippen LogP contribution in [0.15, 0.2) is 53.0 Å². The van der Waals surface area contributed by atoms with E-state index in [0.717, 1.165) is 4.47 Å². The zero-order valence-electron chi connectivity index (χ0n) is 10.2. The molecule has 6 heteroatoms. The van der Waals surface area contributed by atoms with Crippen molar-refractivity contribution >= 4 is 50.7 Å². The van der Waals surface area contributed by atoms with E-state index in [2.05, 4.69) is 26.6 Å². The van der Waals surface area contributed by atoms with Crippen molar-refractivity contribution in [2.24, 2.45) is 0 Å². The van der Waals surface area contributed by atoms with E-state index in [1.54, 1.807) is 48.5 Å². The smallest absolute Gasteiger partial charge is 0.314 e. The van der Waals surface area contributed by atoms with Gasteiger partial charge in [0.05, 0.1) is 0 Å². The summed E-state index contributed by atoms with van der Waals surface area (Å²) in [5, 5.41) is 5.45. The molecule has 0 aliphatic rings. The van der Waals surface area contributed by atoms with E-state index >= 15 is 0 Å². The number of carbonyl (C=O) groups is 2. The molecule has 0 saturated carbocycles. The molecule has 2 aromatic rings. The molecule has 0 bridgehead atoms. The molecule has 0 saturated heterocycles. The second kappa shape index (κ2) is 6.54. The summed E-state index contributed by atoms with van der Waals surface area (Å²) in [5.41, 5.74) is 1.01. The third-order valence-electron chi connectivity index (χ3n) is 2.39. The molecule has 0 radical (unpaired) electrons. The van der Waals surface area contributed by atoms with Crippen molar-refractivity contribution < 1.29 is 9.59 Å². The highest BCUT2D eigenvalue weighted by Crippen LogP contribution is 2.16. The van der Waals surface area contributed by atoms with E-state index in [1.807, 2.05) is 0 Å². The summed E-state index contributed by atoms with van der Waals surface area (Å²) in [6.07, 6.45) is 0. The van der Waals surface area contributed by atoms with Gasteiger partial charge in [-0.3, -0.25) is 9.59 Å². The van der Waals surface area contributed by atoms with Crippen LogP contribution in [-0.2, 0) is 9.59 Å². The highest BCUT2D eigenvalue weighted by molar-refractivity contribution is 9.10. The maximum Gasteiger partial charge on any atom is 0.314 e. The number of rotatable bonds is 2. The Bertz CT molecular complexity index is 644. The standard InChI is InChI=1S/C14H10BrClN2O2/c15-9-4-6-11(7-5-9)17-13(19)14(20)18-12-3-1-2-10(16)8-12/h1-8H,(H,17,19)(H,18,20). The Morgan fingerprint density at radius 3 is 2.10 bits per heavy atom. The Morgan fingerprint density at radius 2 is 1.50 bits per heavy atom. The zero-order valence-corrected chi connectivity index (χ0v) is 12.5. The van der Waals surface area contributed by atoms with Crippen molar-refractivity contribution in [1.82, 2.24) is 0 Å². The number of anilines is 2. The van der Waals surface area contributed by atoms with Crippen molar-refractivity contribution in [2.45, 2.75) is 0 Å². The quantitative estimate of drug-likeness (QED) is 0.809. The van der Waals surface area contributed by atoms with Crippen molar-refractivity contribution in [2.75, 3.05) is 10.6 Å². The number of carbonyl (C=O) groups excluding carboxylic acids is 2. The van der Waals surface area contributed by atoms with Crippen LogP contribution in [0, 0.1) is 0 Å². The fraction of sp³-hybridized carbons (Fsp3) is 0. The molecule has 2 N–H and O–H groups in total. The molecule has 0 unspecified atom stereocenters. The number of benzene rings is 2. The lowest BCUT2D eigenvalue weighted by Gasteiger charge is -2.06. The fourth-order valence-electron chi connectivity index (χ4n) is 1.48. The number of amides is 2. The van der Waals surface area contributed by atoms with Crippen molar-refractivity contribution in [3.8, 4) is 0 Å². The van der Waals surface area contributed by atoms with Crippen LogP contribution >= 0.6 is 27.5 Å². The first kappa shape index (κ1) is 14.6. The van der Waals surface area contributed by atoms with Gasteiger partial charge in [-0.05, 0) is 42.5 Å². The molecule has 0 fully saturated rings. The lowest BCUT2D eigenvalue weighted by Crippen LogP contribution is -2.29. The normalized spacial score (nSPS) is 9.90. The summed E-state index contributed by atoms with van der Waals surface area (Å²) in [4.78, 5) is 23.4. The highest BCUT2D eigenvalue weighted by Gasteiger charge is 2.13. The summed E-state index contributed by atoms with van der Waals surface area (Å²) in [6.45, 7) is 0. The molecule has 0 aliphatic heterocycles. The molecular weight excluding hydrogens is 344 g/mol. The minimum Gasteiger partial charge on any atom is -0.318 e. The minimum atomic E-state index is -0.754. The molecule has 0 atom stereocenters. The van der Waals surface area contributed by atoms with E-state index in [1.165, 1.54) is 0 Å². The first-order chi connectivity index (χ1) is 9.54. The molecule has 4 nitrogen and oxygen atoms in total. The van der Waals surface area contributed by atoms with E-state index in [9.17, 15) is 9.59 Å². The summed E-state index contributed by atoms with van der Waals surface area (Å²) in [5.74, 6) is -1.50. The molecule has 20 heavy (non-hydrogen) atoms. The van der Waals surface area contributed by atoms with Gasteiger partial charge < -0.3 is 10.6 Å². The fourth-order valence-corrected chi connectivity index (χ4v) is 1.93. The van der Waals surface area contributed by atoms with E-state index < -0.39 is 11.8 Å². The lowest BCUT2D eigenvalue weighted by atomic mass is 10.3. The molecule has 102 valence electrons. The molecule has 0 spiro atoms. The Labute approximate surface area is 129 Å². The third kappa shape index (κ3) is 4.08. The zero-order chi connectivity index (χ0) is 14.5. The van der Waals surface area contributed by atoms with E-state index in [4.69, 9.17) is 11.6 Å². The van der Waals surface area contributed by atoms with Crippen LogP contribution < -0.4 is 10.6 Å². The van der Waals surface area contributed by atoms with Crippen LogP contribution in [0.25, 0.3) is 0 Å². The van der Waals surface area contributed by atoms with Crippen LogP contribution in [-0.4, -0.2) is 11.8 Å².